The molecule has 1 aliphatic heterocycles. The molecule has 1 heterocycles. The van der Waals surface area contributed by atoms with Gasteiger partial charge in [-0.25, -0.2) is 0 Å². The van der Waals surface area contributed by atoms with Gasteiger partial charge in [0.25, 0.3) is 5.69 Å². The Labute approximate surface area is 131 Å². The summed E-state index contributed by atoms with van der Waals surface area (Å²) in [5.41, 5.74) is 1.34. The Hall–Kier alpha value is -3.22. The van der Waals surface area contributed by atoms with Gasteiger partial charge in [0, 0.05) is 30.2 Å². The van der Waals surface area contributed by atoms with Gasteiger partial charge in [0.2, 0.25) is 18.0 Å². The first kappa shape index (κ1) is 14.7. The summed E-state index contributed by atoms with van der Waals surface area (Å²) >= 11 is 0. The number of hydrazone groups is 1. The van der Waals surface area contributed by atoms with E-state index in [1.54, 1.807) is 12.1 Å². The van der Waals surface area contributed by atoms with Gasteiger partial charge in [-0.05, 0) is 24.3 Å². The van der Waals surface area contributed by atoms with Gasteiger partial charge in [0.15, 0.2) is 0 Å². The van der Waals surface area contributed by atoms with Crippen LogP contribution in [0.4, 0.5) is 5.69 Å². The minimum atomic E-state index is -0.733. The van der Waals surface area contributed by atoms with Gasteiger partial charge in [0.1, 0.15) is 0 Å². The summed E-state index contributed by atoms with van der Waals surface area (Å²) in [7, 11) is 0. The lowest BCUT2D eigenvalue weighted by molar-refractivity contribution is -0.384. The number of non-ortho nitro benzene ring substituents is 1. The van der Waals surface area contributed by atoms with Crippen molar-refractivity contribution in [1.82, 2.24) is 5.01 Å². The van der Waals surface area contributed by atoms with Crippen LogP contribution in [0.15, 0.2) is 59.7 Å². The number of nitro groups is 1. The zero-order valence-electron chi connectivity index (χ0n) is 12.2. The smallest absolute Gasteiger partial charge is 0.269 e. The Balaban J connectivity index is 1.91. The number of rotatable bonds is 3. The van der Waals surface area contributed by atoms with Crippen LogP contribution in [-0.4, -0.2) is 21.7 Å². The van der Waals surface area contributed by atoms with Crippen LogP contribution in [0, 0.1) is 10.1 Å². The second kappa shape index (κ2) is 5.88. The molecular formula is C16H13N3O4. The van der Waals surface area contributed by atoms with Crippen molar-refractivity contribution in [1.29, 1.82) is 0 Å². The second-order valence-electron chi connectivity index (χ2n) is 4.95. The van der Waals surface area contributed by atoms with E-state index in [0.717, 1.165) is 5.56 Å². The molecule has 7 heteroatoms. The average Bonchev–Trinajstić information content (AvgIpc) is 3.01. The van der Waals surface area contributed by atoms with E-state index < -0.39 is 11.2 Å². The first-order chi connectivity index (χ1) is 11.1. The molecule has 0 saturated heterocycles. The van der Waals surface area contributed by atoms with Crippen LogP contribution in [0.2, 0.25) is 0 Å². The molecule has 1 unspecified atom stereocenters. The standard InChI is InChI=1S/C16H13N3O4/c1-11(20)18-16(13-7-9-14(10-8-13)19(21)22)23-15(17-18)12-5-3-2-4-6-12/h2-10,16H,1H3. The highest BCUT2D eigenvalue weighted by Gasteiger charge is 2.33. The number of carbonyl (C=O) groups is 1. The van der Waals surface area contributed by atoms with Crippen LogP contribution in [0.25, 0.3) is 0 Å². The number of nitro benzene ring substituents is 1. The molecule has 3 rings (SSSR count). The maximum atomic E-state index is 11.8. The summed E-state index contributed by atoms with van der Waals surface area (Å²) in [6, 6.07) is 15.1. The van der Waals surface area contributed by atoms with Gasteiger partial charge in [-0.15, -0.1) is 5.10 Å². The molecule has 116 valence electrons. The molecule has 0 aromatic heterocycles. The molecule has 0 saturated carbocycles. The predicted molar refractivity (Wildman–Crippen MR) is 82.4 cm³/mol. The Morgan fingerprint density at radius 3 is 2.39 bits per heavy atom. The van der Waals surface area contributed by atoms with Gasteiger partial charge in [-0.3, -0.25) is 14.9 Å². The van der Waals surface area contributed by atoms with E-state index in [4.69, 9.17) is 4.74 Å². The van der Waals surface area contributed by atoms with Crippen molar-refractivity contribution in [2.75, 3.05) is 0 Å². The highest BCUT2D eigenvalue weighted by Crippen LogP contribution is 2.31. The van der Waals surface area contributed by atoms with Gasteiger partial charge in [0.05, 0.1) is 4.92 Å². The molecule has 0 N–H and O–H groups in total. The Morgan fingerprint density at radius 2 is 1.83 bits per heavy atom. The van der Waals surface area contributed by atoms with Crippen molar-refractivity contribution in [3.8, 4) is 0 Å². The van der Waals surface area contributed by atoms with Crippen LogP contribution in [0.3, 0.4) is 0 Å². The topological polar surface area (TPSA) is 85.0 Å². The Kier molecular flexibility index (Phi) is 3.76. The van der Waals surface area contributed by atoms with Crippen molar-refractivity contribution < 1.29 is 14.5 Å². The van der Waals surface area contributed by atoms with E-state index in [-0.39, 0.29) is 11.6 Å². The van der Waals surface area contributed by atoms with Crippen LogP contribution in [0.5, 0.6) is 0 Å². The van der Waals surface area contributed by atoms with E-state index in [2.05, 4.69) is 5.10 Å². The van der Waals surface area contributed by atoms with E-state index >= 15 is 0 Å². The fraction of sp³-hybridized carbons (Fsp3) is 0.125. The highest BCUT2D eigenvalue weighted by atomic mass is 16.6. The lowest BCUT2D eigenvalue weighted by Gasteiger charge is -2.19. The summed E-state index contributed by atoms with van der Waals surface area (Å²) in [6.45, 7) is 1.39. The number of nitrogens with zero attached hydrogens (tertiary/aromatic N) is 3. The van der Waals surface area contributed by atoms with Gasteiger partial charge < -0.3 is 4.74 Å². The first-order valence-corrected chi connectivity index (χ1v) is 6.91. The van der Waals surface area contributed by atoms with E-state index in [0.29, 0.717) is 11.5 Å². The van der Waals surface area contributed by atoms with Crippen molar-refractivity contribution in [3.63, 3.8) is 0 Å². The minimum Gasteiger partial charge on any atom is -0.446 e. The lowest BCUT2D eigenvalue weighted by atomic mass is 10.1. The fourth-order valence-corrected chi connectivity index (χ4v) is 2.24. The molecule has 1 amide bonds. The highest BCUT2D eigenvalue weighted by molar-refractivity contribution is 5.96. The SMILES string of the molecule is CC(=O)N1N=C(c2ccccc2)OC1c1ccc([N+](=O)[O-])cc1. The van der Waals surface area contributed by atoms with Crippen molar-refractivity contribution in [2.24, 2.45) is 5.10 Å². The van der Waals surface area contributed by atoms with E-state index in [1.807, 2.05) is 30.3 Å². The lowest BCUT2D eigenvalue weighted by Crippen LogP contribution is -2.25. The van der Waals surface area contributed by atoms with E-state index in [9.17, 15) is 14.9 Å². The summed E-state index contributed by atoms with van der Waals surface area (Å²) in [5, 5.41) is 16.2. The minimum absolute atomic E-state index is 0.0228. The number of hydrogen-bond acceptors (Lipinski definition) is 5. The summed E-state index contributed by atoms with van der Waals surface area (Å²) < 4.78 is 5.79. The molecule has 2 aromatic carbocycles. The monoisotopic (exact) mass is 311 g/mol. The average molecular weight is 311 g/mol. The molecule has 0 fully saturated rings. The molecular weight excluding hydrogens is 298 g/mol. The molecule has 0 spiro atoms. The fourth-order valence-electron chi connectivity index (χ4n) is 2.24. The molecule has 23 heavy (non-hydrogen) atoms. The van der Waals surface area contributed by atoms with Gasteiger partial charge >= 0.3 is 0 Å². The first-order valence-electron chi connectivity index (χ1n) is 6.91. The molecule has 0 bridgehead atoms. The maximum Gasteiger partial charge on any atom is 0.269 e. The molecule has 2 aromatic rings. The zero-order valence-corrected chi connectivity index (χ0v) is 12.2. The number of ether oxygens (including phenoxy) is 1. The summed E-state index contributed by atoms with van der Waals surface area (Å²) in [6.07, 6.45) is -0.733. The predicted octanol–water partition coefficient (Wildman–Crippen LogP) is 2.83. The zero-order chi connectivity index (χ0) is 16.4. The third kappa shape index (κ3) is 2.89. The van der Waals surface area contributed by atoms with Gasteiger partial charge in [-0.2, -0.15) is 5.01 Å². The largest absolute Gasteiger partial charge is 0.446 e. The normalized spacial score (nSPS) is 16.7. The second-order valence-corrected chi connectivity index (χ2v) is 4.95. The Morgan fingerprint density at radius 1 is 1.17 bits per heavy atom. The van der Waals surface area contributed by atoms with Crippen LogP contribution >= 0.6 is 0 Å². The van der Waals surface area contributed by atoms with Crippen molar-refractivity contribution in [2.45, 2.75) is 13.2 Å². The third-order valence-electron chi connectivity index (χ3n) is 3.38. The quantitative estimate of drug-likeness (QED) is 0.644. The molecule has 1 atom stereocenters. The van der Waals surface area contributed by atoms with Crippen molar-refractivity contribution >= 4 is 17.5 Å². The van der Waals surface area contributed by atoms with E-state index in [1.165, 1.54) is 24.1 Å². The number of carbonyl (C=O) groups excluding carboxylic acids is 1. The van der Waals surface area contributed by atoms with Crippen LogP contribution in [0.1, 0.15) is 24.3 Å². The van der Waals surface area contributed by atoms with Crippen molar-refractivity contribution in [3.05, 3.63) is 75.8 Å². The molecule has 0 aliphatic carbocycles. The number of amides is 1. The Bertz CT molecular complexity index is 772. The molecule has 1 aliphatic rings. The number of hydrogen-bond donors (Lipinski definition) is 0. The summed E-state index contributed by atoms with van der Waals surface area (Å²) in [4.78, 5) is 22.1. The van der Waals surface area contributed by atoms with Gasteiger partial charge in [-0.1, -0.05) is 18.2 Å². The third-order valence-corrected chi connectivity index (χ3v) is 3.38. The van der Waals surface area contributed by atoms with Crippen LogP contribution in [-0.2, 0) is 9.53 Å². The molecule has 0 radical (unpaired) electrons. The molecule has 7 nitrogen and oxygen atoms in total. The maximum absolute atomic E-state index is 11.8. The summed E-state index contributed by atoms with van der Waals surface area (Å²) in [5.74, 6) is 0.0587. The number of benzene rings is 2. The van der Waals surface area contributed by atoms with Crippen LogP contribution < -0.4 is 0 Å².